The Hall–Kier alpha value is -2.45. The number of carbonyl (C=O) groups is 1. The Morgan fingerprint density at radius 2 is 1.85 bits per heavy atom. The van der Waals surface area contributed by atoms with Crippen LogP contribution >= 0.6 is 0 Å². The molecule has 1 amide bonds. The molecular formula is C19H21N3O4S. The second kappa shape index (κ2) is 6.61. The van der Waals surface area contributed by atoms with Gasteiger partial charge >= 0.3 is 0 Å². The number of anilines is 2. The number of nitrogens with one attached hydrogen (secondary N) is 1. The molecule has 1 aromatic carbocycles. The Morgan fingerprint density at radius 3 is 2.59 bits per heavy atom. The molecule has 1 aromatic heterocycles. The van der Waals surface area contributed by atoms with E-state index in [1.807, 2.05) is 0 Å². The van der Waals surface area contributed by atoms with Crippen molar-refractivity contribution in [3.8, 4) is 0 Å². The molecule has 1 aliphatic heterocycles. The second-order valence-electron chi connectivity index (χ2n) is 7.05. The highest BCUT2D eigenvalue weighted by Gasteiger charge is 2.34. The Morgan fingerprint density at radius 1 is 1.15 bits per heavy atom. The summed E-state index contributed by atoms with van der Waals surface area (Å²) in [7, 11) is -2.31. The van der Waals surface area contributed by atoms with Gasteiger partial charge in [0.1, 0.15) is 10.7 Å². The van der Waals surface area contributed by atoms with Crippen LogP contribution in [0.2, 0.25) is 0 Å². The van der Waals surface area contributed by atoms with Crippen molar-refractivity contribution in [2.75, 3.05) is 17.3 Å². The Labute approximate surface area is 158 Å². The number of benzene rings is 1. The molecule has 0 spiro atoms. The topological polar surface area (TPSA) is 99.6 Å². The first-order valence-corrected chi connectivity index (χ1v) is 10.4. The van der Waals surface area contributed by atoms with Crippen LogP contribution in [0.25, 0.3) is 0 Å². The molecule has 1 fully saturated rings. The predicted molar refractivity (Wildman–Crippen MR) is 101 cm³/mol. The second-order valence-corrected chi connectivity index (χ2v) is 8.94. The number of hydrogen-bond donors (Lipinski definition) is 2. The van der Waals surface area contributed by atoms with Crippen LogP contribution in [0.4, 0.5) is 11.5 Å². The van der Waals surface area contributed by atoms with Crippen LogP contribution in [-0.2, 0) is 9.84 Å². The van der Waals surface area contributed by atoms with Crippen LogP contribution < -0.4 is 10.2 Å². The van der Waals surface area contributed by atoms with Crippen molar-refractivity contribution in [3.63, 3.8) is 0 Å². The number of rotatable bonds is 2. The van der Waals surface area contributed by atoms with Crippen molar-refractivity contribution < 1.29 is 18.3 Å². The van der Waals surface area contributed by atoms with Gasteiger partial charge in [0, 0.05) is 19.2 Å². The van der Waals surface area contributed by atoms with Gasteiger partial charge in [-0.2, -0.15) is 0 Å². The third kappa shape index (κ3) is 3.08. The van der Waals surface area contributed by atoms with Crippen LogP contribution in [0.5, 0.6) is 0 Å². The number of nitrogens with zero attached hydrogens (tertiary/aromatic N) is 2. The predicted octanol–water partition coefficient (Wildman–Crippen LogP) is 2.22. The molecule has 7 nitrogen and oxygen atoms in total. The van der Waals surface area contributed by atoms with Crippen molar-refractivity contribution in [1.82, 2.24) is 4.98 Å². The van der Waals surface area contributed by atoms with Gasteiger partial charge in [-0.3, -0.25) is 4.79 Å². The van der Waals surface area contributed by atoms with Crippen molar-refractivity contribution in [3.05, 3.63) is 42.1 Å². The fourth-order valence-electron chi connectivity index (χ4n) is 3.69. The molecule has 2 aromatic rings. The SMILES string of the molecule is CN1C(=O)c2ccccc2S(=O)(=O)c2cc(N[C@H]3CC[C@H](O)CC3)ncc21. The number of carbonyl (C=O) groups excluding carboxylic acids is 1. The minimum atomic E-state index is -3.86. The van der Waals surface area contributed by atoms with Crippen LogP contribution in [0.15, 0.2) is 46.3 Å². The number of aliphatic hydroxyl groups excluding tert-OH is 1. The first-order chi connectivity index (χ1) is 12.9. The summed E-state index contributed by atoms with van der Waals surface area (Å²) < 4.78 is 26.5. The van der Waals surface area contributed by atoms with E-state index in [4.69, 9.17) is 0 Å². The summed E-state index contributed by atoms with van der Waals surface area (Å²) >= 11 is 0. The Kier molecular flexibility index (Phi) is 4.39. The maximum atomic E-state index is 13.2. The Balaban J connectivity index is 1.76. The van der Waals surface area contributed by atoms with E-state index in [9.17, 15) is 18.3 Å². The average Bonchev–Trinajstić information content (AvgIpc) is 2.73. The van der Waals surface area contributed by atoms with Gasteiger partial charge in [0.05, 0.1) is 28.4 Å². The van der Waals surface area contributed by atoms with Crippen molar-refractivity contribution in [2.24, 2.45) is 0 Å². The molecule has 0 radical (unpaired) electrons. The zero-order valence-corrected chi connectivity index (χ0v) is 15.7. The molecule has 1 saturated carbocycles. The van der Waals surface area contributed by atoms with Gasteiger partial charge in [0.25, 0.3) is 5.91 Å². The Bertz CT molecular complexity index is 998. The summed E-state index contributed by atoms with van der Waals surface area (Å²) in [5.74, 6) is 0.0793. The molecule has 0 saturated heterocycles. The molecule has 1 aliphatic carbocycles. The molecule has 2 heterocycles. The van der Waals surface area contributed by atoms with E-state index in [1.54, 1.807) is 19.2 Å². The highest BCUT2D eigenvalue weighted by molar-refractivity contribution is 7.91. The van der Waals surface area contributed by atoms with Gasteiger partial charge in [0.15, 0.2) is 0 Å². The molecule has 27 heavy (non-hydrogen) atoms. The van der Waals surface area contributed by atoms with E-state index >= 15 is 0 Å². The quantitative estimate of drug-likeness (QED) is 0.820. The third-order valence-corrected chi connectivity index (χ3v) is 7.10. The molecular weight excluding hydrogens is 366 g/mol. The fraction of sp³-hybridized carbons (Fsp3) is 0.368. The number of aliphatic hydroxyl groups is 1. The lowest BCUT2D eigenvalue weighted by Crippen LogP contribution is -2.29. The summed E-state index contributed by atoms with van der Waals surface area (Å²) in [5, 5.41) is 12.9. The number of amides is 1. The van der Waals surface area contributed by atoms with Crippen LogP contribution in [-0.4, -0.2) is 43.6 Å². The van der Waals surface area contributed by atoms with E-state index in [-0.39, 0.29) is 39.1 Å². The van der Waals surface area contributed by atoms with Crippen LogP contribution in [0.3, 0.4) is 0 Å². The van der Waals surface area contributed by atoms with E-state index in [0.29, 0.717) is 18.7 Å². The summed E-state index contributed by atoms with van der Waals surface area (Å²) in [6, 6.07) is 7.89. The highest BCUT2D eigenvalue weighted by Crippen LogP contribution is 2.37. The number of sulfone groups is 1. The van der Waals surface area contributed by atoms with Gasteiger partial charge in [-0.1, -0.05) is 12.1 Å². The van der Waals surface area contributed by atoms with Gasteiger partial charge in [-0.15, -0.1) is 0 Å². The van der Waals surface area contributed by atoms with Crippen molar-refractivity contribution in [1.29, 1.82) is 0 Å². The molecule has 0 atom stereocenters. The van der Waals surface area contributed by atoms with E-state index < -0.39 is 9.84 Å². The highest BCUT2D eigenvalue weighted by atomic mass is 32.2. The summed E-state index contributed by atoms with van der Waals surface area (Å²) in [6.45, 7) is 0. The van der Waals surface area contributed by atoms with Crippen molar-refractivity contribution >= 4 is 27.2 Å². The number of aromatic nitrogens is 1. The number of fused-ring (bicyclic) bond motifs is 2. The zero-order chi connectivity index (χ0) is 19.2. The number of pyridine rings is 1. The summed E-state index contributed by atoms with van der Waals surface area (Å²) in [4.78, 5) is 18.4. The lowest BCUT2D eigenvalue weighted by atomic mass is 9.93. The van der Waals surface area contributed by atoms with E-state index in [2.05, 4.69) is 10.3 Å². The lowest BCUT2D eigenvalue weighted by molar-refractivity contribution is 0.0990. The van der Waals surface area contributed by atoms with Crippen LogP contribution in [0.1, 0.15) is 36.0 Å². The van der Waals surface area contributed by atoms with Crippen LogP contribution in [0, 0.1) is 0 Å². The fourth-order valence-corrected chi connectivity index (χ4v) is 5.36. The lowest BCUT2D eigenvalue weighted by Gasteiger charge is -2.27. The molecule has 2 N–H and O–H groups in total. The molecule has 4 rings (SSSR count). The van der Waals surface area contributed by atoms with Gasteiger partial charge in [-0.05, 0) is 37.8 Å². The molecule has 142 valence electrons. The maximum Gasteiger partial charge on any atom is 0.259 e. The van der Waals surface area contributed by atoms with Gasteiger partial charge in [0.2, 0.25) is 9.84 Å². The average molecular weight is 387 g/mol. The zero-order valence-electron chi connectivity index (χ0n) is 14.9. The summed E-state index contributed by atoms with van der Waals surface area (Å²) in [6.07, 6.45) is 4.19. The standard InChI is InChI=1S/C19H21N3O4S/c1-22-15-11-20-18(21-12-6-8-13(23)9-7-12)10-17(15)27(25,26)16-5-3-2-4-14(16)19(22)24/h2-5,10-13,23H,6-9H2,1H3,(H,20,21)/t12-,13-. The first-order valence-electron chi connectivity index (χ1n) is 8.95. The molecule has 0 bridgehead atoms. The minimum absolute atomic E-state index is 0.0125. The minimum Gasteiger partial charge on any atom is -0.393 e. The van der Waals surface area contributed by atoms with Gasteiger partial charge < -0.3 is 15.3 Å². The number of hydrogen-bond acceptors (Lipinski definition) is 6. The first kappa shape index (κ1) is 17.9. The van der Waals surface area contributed by atoms with Crippen molar-refractivity contribution in [2.45, 2.75) is 47.6 Å². The normalized spacial score (nSPS) is 23.9. The summed E-state index contributed by atoms with van der Waals surface area (Å²) in [5.41, 5.74) is 0.424. The smallest absolute Gasteiger partial charge is 0.259 e. The van der Waals surface area contributed by atoms with Gasteiger partial charge in [-0.25, -0.2) is 13.4 Å². The maximum absolute atomic E-state index is 13.2. The third-order valence-electron chi connectivity index (χ3n) is 5.26. The monoisotopic (exact) mass is 387 g/mol. The molecule has 8 heteroatoms. The van der Waals surface area contributed by atoms with E-state index in [1.165, 1.54) is 29.3 Å². The molecule has 2 aliphatic rings. The van der Waals surface area contributed by atoms with E-state index in [0.717, 1.165) is 12.8 Å². The largest absolute Gasteiger partial charge is 0.393 e. The molecule has 0 unspecified atom stereocenters.